The summed E-state index contributed by atoms with van der Waals surface area (Å²) in [6.07, 6.45) is 0.782. The maximum Gasteiger partial charge on any atom is 0.248 e. The zero-order chi connectivity index (χ0) is 16.1. The lowest BCUT2D eigenvalue weighted by Crippen LogP contribution is -2.37. The van der Waals surface area contributed by atoms with E-state index < -0.39 is 11.6 Å². The standard InChI is InChI=1S/C16H22F2N2O2/c1-12-4-5-14(17)13(16(12)18)10-19-6-3-7-20(9-8-19)15(21)11-22-2/h4-5H,3,6-11H2,1-2H3. The molecule has 6 heteroatoms. The molecular formula is C16H22F2N2O2. The molecule has 0 aromatic heterocycles. The molecule has 22 heavy (non-hydrogen) atoms. The Morgan fingerprint density at radius 1 is 1.23 bits per heavy atom. The van der Waals surface area contributed by atoms with Crippen LogP contribution in [0.3, 0.4) is 0 Å². The van der Waals surface area contributed by atoms with Crippen LogP contribution in [0.15, 0.2) is 12.1 Å². The minimum atomic E-state index is -0.514. The molecule has 1 heterocycles. The highest BCUT2D eigenvalue weighted by Gasteiger charge is 2.21. The Hall–Kier alpha value is -1.53. The Balaban J connectivity index is 2.01. The van der Waals surface area contributed by atoms with Gasteiger partial charge in [0.25, 0.3) is 0 Å². The van der Waals surface area contributed by atoms with Crippen molar-refractivity contribution < 1.29 is 18.3 Å². The first-order valence-electron chi connectivity index (χ1n) is 7.45. The van der Waals surface area contributed by atoms with Gasteiger partial charge in [0, 0.05) is 45.4 Å². The maximum atomic E-state index is 14.1. The van der Waals surface area contributed by atoms with E-state index in [9.17, 15) is 13.6 Å². The van der Waals surface area contributed by atoms with Crippen LogP contribution in [0.25, 0.3) is 0 Å². The molecule has 0 spiro atoms. The van der Waals surface area contributed by atoms with Crippen molar-refractivity contribution in [1.82, 2.24) is 9.80 Å². The van der Waals surface area contributed by atoms with Crippen LogP contribution in [0.2, 0.25) is 0 Å². The molecule has 1 aliphatic heterocycles. The Morgan fingerprint density at radius 3 is 2.73 bits per heavy atom. The summed E-state index contributed by atoms with van der Waals surface area (Å²) in [7, 11) is 1.49. The summed E-state index contributed by atoms with van der Waals surface area (Å²) in [4.78, 5) is 15.6. The zero-order valence-corrected chi connectivity index (χ0v) is 13.1. The number of aryl methyl sites for hydroxylation is 1. The lowest BCUT2D eigenvalue weighted by Gasteiger charge is -2.22. The first-order valence-corrected chi connectivity index (χ1v) is 7.45. The molecule has 0 atom stereocenters. The Morgan fingerprint density at radius 2 is 2.00 bits per heavy atom. The van der Waals surface area contributed by atoms with Crippen LogP contribution in [-0.2, 0) is 16.1 Å². The largest absolute Gasteiger partial charge is 0.375 e. The molecule has 0 saturated carbocycles. The summed E-state index contributed by atoms with van der Waals surface area (Å²) in [5, 5.41) is 0. The molecule has 4 nitrogen and oxygen atoms in total. The number of carbonyl (C=O) groups is 1. The number of methoxy groups -OCH3 is 1. The van der Waals surface area contributed by atoms with Gasteiger partial charge in [0.05, 0.1) is 0 Å². The van der Waals surface area contributed by atoms with Crippen molar-refractivity contribution in [3.63, 3.8) is 0 Å². The number of benzene rings is 1. The fourth-order valence-corrected chi connectivity index (χ4v) is 2.68. The highest BCUT2D eigenvalue weighted by atomic mass is 19.1. The summed E-state index contributed by atoms with van der Waals surface area (Å²) in [6.45, 7) is 4.44. The molecule has 1 aromatic carbocycles. The summed E-state index contributed by atoms with van der Waals surface area (Å²) >= 11 is 0. The van der Waals surface area contributed by atoms with Gasteiger partial charge in [-0.15, -0.1) is 0 Å². The number of ether oxygens (including phenoxy) is 1. The molecular weight excluding hydrogens is 290 g/mol. The quantitative estimate of drug-likeness (QED) is 0.852. The molecule has 1 aliphatic rings. The van der Waals surface area contributed by atoms with E-state index in [1.54, 1.807) is 11.8 Å². The third-order valence-electron chi connectivity index (χ3n) is 3.97. The summed E-state index contributed by atoms with van der Waals surface area (Å²) in [5.41, 5.74) is 0.555. The van der Waals surface area contributed by atoms with Crippen LogP contribution in [0.1, 0.15) is 17.5 Å². The van der Waals surface area contributed by atoms with E-state index in [-0.39, 0.29) is 24.6 Å². The van der Waals surface area contributed by atoms with E-state index in [4.69, 9.17) is 4.74 Å². The maximum absolute atomic E-state index is 14.1. The molecule has 1 saturated heterocycles. The normalized spacial score (nSPS) is 16.6. The second-order valence-corrected chi connectivity index (χ2v) is 5.60. The van der Waals surface area contributed by atoms with Gasteiger partial charge >= 0.3 is 0 Å². The molecule has 0 aliphatic carbocycles. The number of hydrogen-bond donors (Lipinski definition) is 0. The zero-order valence-electron chi connectivity index (χ0n) is 13.1. The average Bonchev–Trinajstić information content (AvgIpc) is 2.73. The van der Waals surface area contributed by atoms with Crippen LogP contribution in [0.5, 0.6) is 0 Å². The van der Waals surface area contributed by atoms with E-state index in [2.05, 4.69) is 0 Å². The van der Waals surface area contributed by atoms with Crippen LogP contribution in [0, 0.1) is 18.6 Å². The van der Waals surface area contributed by atoms with Gasteiger partial charge in [-0.25, -0.2) is 8.78 Å². The molecule has 2 rings (SSSR count). The highest BCUT2D eigenvalue weighted by Crippen LogP contribution is 2.19. The van der Waals surface area contributed by atoms with Gasteiger partial charge in [-0.3, -0.25) is 9.69 Å². The first kappa shape index (κ1) is 16.8. The van der Waals surface area contributed by atoms with Crippen molar-refractivity contribution in [2.24, 2.45) is 0 Å². The molecule has 0 radical (unpaired) electrons. The van der Waals surface area contributed by atoms with Gasteiger partial charge < -0.3 is 9.64 Å². The van der Waals surface area contributed by atoms with Crippen molar-refractivity contribution in [2.75, 3.05) is 39.9 Å². The van der Waals surface area contributed by atoms with E-state index in [0.29, 0.717) is 31.7 Å². The van der Waals surface area contributed by atoms with Gasteiger partial charge in [-0.1, -0.05) is 6.07 Å². The van der Waals surface area contributed by atoms with Crippen LogP contribution < -0.4 is 0 Å². The molecule has 1 amide bonds. The van der Waals surface area contributed by atoms with E-state index in [1.165, 1.54) is 19.2 Å². The lowest BCUT2D eigenvalue weighted by molar-refractivity contribution is -0.135. The fourth-order valence-electron chi connectivity index (χ4n) is 2.68. The second kappa shape index (κ2) is 7.65. The van der Waals surface area contributed by atoms with Crippen LogP contribution in [0.4, 0.5) is 8.78 Å². The number of halogens is 2. The molecule has 0 unspecified atom stereocenters. The molecule has 0 N–H and O–H groups in total. The van der Waals surface area contributed by atoms with Gasteiger partial charge in [0.2, 0.25) is 5.91 Å². The molecule has 1 aromatic rings. The van der Waals surface area contributed by atoms with Crippen molar-refractivity contribution in [2.45, 2.75) is 19.9 Å². The minimum absolute atomic E-state index is 0.0442. The number of nitrogens with zero attached hydrogens (tertiary/aromatic N) is 2. The highest BCUT2D eigenvalue weighted by molar-refractivity contribution is 5.77. The number of carbonyl (C=O) groups excluding carboxylic acids is 1. The smallest absolute Gasteiger partial charge is 0.248 e. The second-order valence-electron chi connectivity index (χ2n) is 5.60. The van der Waals surface area contributed by atoms with Crippen molar-refractivity contribution in [3.8, 4) is 0 Å². The van der Waals surface area contributed by atoms with E-state index >= 15 is 0 Å². The number of amides is 1. The van der Waals surface area contributed by atoms with E-state index in [1.807, 2.05) is 4.90 Å². The summed E-state index contributed by atoms with van der Waals surface area (Å²) in [5.74, 6) is -1.03. The topological polar surface area (TPSA) is 32.8 Å². The SMILES string of the molecule is COCC(=O)N1CCCN(Cc2c(F)ccc(C)c2F)CC1. The van der Waals surface area contributed by atoms with Gasteiger partial charge in [0.1, 0.15) is 18.2 Å². The number of hydrogen-bond acceptors (Lipinski definition) is 3. The van der Waals surface area contributed by atoms with Crippen molar-refractivity contribution >= 4 is 5.91 Å². The van der Waals surface area contributed by atoms with Crippen molar-refractivity contribution in [1.29, 1.82) is 0 Å². The van der Waals surface area contributed by atoms with Crippen molar-refractivity contribution in [3.05, 3.63) is 34.9 Å². The fraction of sp³-hybridized carbons (Fsp3) is 0.562. The molecule has 0 bridgehead atoms. The van der Waals surface area contributed by atoms with Gasteiger partial charge in [-0.2, -0.15) is 0 Å². The van der Waals surface area contributed by atoms with E-state index in [0.717, 1.165) is 6.42 Å². The number of rotatable bonds is 4. The Labute approximate surface area is 129 Å². The molecule has 1 fully saturated rings. The minimum Gasteiger partial charge on any atom is -0.375 e. The average molecular weight is 312 g/mol. The van der Waals surface area contributed by atoms with Gasteiger partial charge in [-0.05, 0) is 25.0 Å². The predicted molar refractivity (Wildman–Crippen MR) is 79.4 cm³/mol. The summed E-state index contributed by atoms with van der Waals surface area (Å²) < 4.78 is 32.8. The van der Waals surface area contributed by atoms with Crippen LogP contribution >= 0.6 is 0 Å². The monoisotopic (exact) mass is 312 g/mol. The van der Waals surface area contributed by atoms with Crippen LogP contribution in [-0.4, -0.2) is 55.6 Å². The molecule has 122 valence electrons. The first-order chi connectivity index (χ1) is 10.5. The Kier molecular flexibility index (Phi) is 5.85. The summed E-state index contributed by atoms with van der Waals surface area (Å²) in [6, 6.07) is 2.75. The lowest BCUT2D eigenvalue weighted by atomic mass is 10.1. The predicted octanol–water partition coefficient (Wildman–Crippen LogP) is 1.95. The van der Waals surface area contributed by atoms with Gasteiger partial charge in [0.15, 0.2) is 0 Å². The third kappa shape index (κ3) is 4.01. The Bertz CT molecular complexity index is 537. The third-order valence-corrected chi connectivity index (χ3v) is 3.97.